The summed E-state index contributed by atoms with van der Waals surface area (Å²) >= 11 is 0. The van der Waals surface area contributed by atoms with Gasteiger partial charge in [0, 0.05) is 31.6 Å². The van der Waals surface area contributed by atoms with E-state index < -0.39 is 11.4 Å². The maximum absolute atomic E-state index is 11.8. The Kier molecular flexibility index (Phi) is 4.26. The average Bonchev–Trinajstić information content (AvgIpc) is 2.16. The minimum Gasteiger partial charge on any atom is -0.370 e. The second-order valence-electron chi connectivity index (χ2n) is 4.73. The van der Waals surface area contributed by atoms with Crippen molar-refractivity contribution in [2.45, 2.75) is 31.8 Å². The summed E-state index contributed by atoms with van der Waals surface area (Å²) < 4.78 is 0. The quantitative estimate of drug-likeness (QED) is 0.462. The van der Waals surface area contributed by atoms with Crippen molar-refractivity contribution in [2.75, 3.05) is 19.6 Å². The molecule has 1 unspecified atom stereocenters. The molecule has 5 N–H and O–H groups in total. The van der Waals surface area contributed by atoms with Crippen LogP contribution in [0.2, 0.25) is 0 Å². The number of carbonyl (C=O) groups excluding carboxylic acids is 2. The van der Waals surface area contributed by atoms with Gasteiger partial charge in [0.15, 0.2) is 0 Å². The summed E-state index contributed by atoms with van der Waals surface area (Å²) in [6.07, 6.45) is 0.138. The maximum Gasteiger partial charge on any atom is 0.238 e. The van der Waals surface area contributed by atoms with Gasteiger partial charge in [-0.15, -0.1) is 0 Å². The Hall–Kier alpha value is -1.14. The molecule has 0 radical (unpaired) electrons. The van der Waals surface area contributed by atoms with Crippen LogP contribution in [-0.4, -0.2) is 43.0 Å². The first-order valence-electron chi connectivity index (χ1n) is 5.45. The molecule has 0 saturated carbocycles. The average molecular weight is 228 g/mol. The van der Waals surface area contributed by atoms with Gasteiger partial charge in [-0.25, -0.2) is 0 Å². The van der Waals surface area contributed by atoms with Crippen LogP contribution in [-0.2, 0) is 9.59 Å². The molecule has 1 saturated heterocycles. The van der Waals surface area contributed by atoms with Crippen LogP contribution in [0.5, 0.6) is 0 Å². The number of primary amides is 1. The Morgan fingerprint density at radius 2 is 2.12 bits per heavy atom. The van der Waals surface area contributed by atoms with Gasteiger partial charge in [-0.1, -0.05) is 0 Å². The number of hydrogen-bond acceptors (Lipinski definition) is 4. The minimum absolute atomic E-state index is 0.0987. The summed E-state index contributed by atoms with van der Waals surface area (Å²) in [5.74, 6) is -0.515. The van der Waals surface area contributed by atoms with Gasteiger partial charge in [0.25, 0.3) is 0 Å². The molecular formula is C10H20N4O2. The summed E-state index contributed by atoms with van der Waals surface area (Å²) in [7, 11) is 0. The Balaban J connectivity index is 2.45. The lowest BCUT2D eigenvalue weighted by molar-refractivity contribution is -0.125. The number of nitrogens with one attached hydrogen (secondary N) is 3. The van der Waals surface area contributed by atoms with Crippen molar-refractivity contribution in [3.8, 4) is 0 Å². The fraction of sp³-hybridized carbons (Fsp3) is 0.800. The van der Waals surface area contributed by atoms with E-state index in [4.69, 9.17) is 5.73 Å². The lowest BCUT2D eigenvalue weighted by atomic mass is 9.99. The monoisotopic (exact) mass is 228 g/mol. The second kappa shape index (κ2) is 5.27. The molecule has 16 heavy (non-hydrogen) atoms. The lowest BCUT2D eigenvalue weighted by Gasteiger charge is -2.30. The summed E-state index contributed by atoms with van der Waals surface area (Å²) in [6, 6.07) is -0.235. The normalized spacial score (nSPS) is 21.5. The summed E-state index contributed by atoms with van der Waals surface area (Å²) in [4.78, 5) is 22.6. The van der Waals surface area contributed by atoms with E-state index in [1.807, 2.05) is 0 Å². The molecule has 1 rings (SSSR count). The first kappa shape index (κ1) is 12.9. The third kappa shape index (κ3) is 4.16. The zero-order valence-corrected chi connectivity index (χ0v) is 9.80. The van der Waals surface area contributed by atoms with Crippen molar-refractivity contribution < 1.29 is 9.59 Å². The molecule has 0 aromatic rings. The molecule has 1 heterocycles. The molecule has 6 heteroatoms. The Morgan fingerprint density at radius 3 is 2.62 bits per heavy atom. The highest BCUT2D eigenvalue weighted by molar-refractivity contribution is 5.84. The van der Waals surface area contributed by atoms with Crippen molar-refractivity contribution in [3.05, 3.63) is 0 Å². The molecule has 1 fully saturated rings. The van der Waals surface area contributed by atoms with Gasteiger partial charge in [-0.2, -0.15) is 0 Å². The molecule has 0 bridgehead atoms. The highest BCUT2D eigenvalue weighted by Gasteiger charge is 2.27. The number of piperazine rings is 1. The lowest BCUT2D eigenvalue weighted by Crippen LogP contribution is -2.59. The summed E-state index contributed by atoms with van der Waals surface area (Å²) in [6.45, 7) is 5.82. The molecule has 0 aromatic heterocycles. The standard InChI is InChI=1S/C10H20N4O2/c1-10(2,5-8(11)15)14-9(16)7-6-12-3-4-13-7/h7,12-13H,3-6H2,1-2H3,(H2,11,15)(H,14,16). The van der Waals surface area contributed by atoms with E-state index in [1.165, 1.54) is 0 Å². The van der Waals surface area contributed by atoms with Crippen molar-refractivity contribution in [3.63, 3.8) is 0 Å². The third-order valence-electron chi connectivity index (χ3n) is 2.44. The molecule has 1 aliphatic rings. The van der Waals surface area contributed by atoms with Gasteiger partial charge in [-0.05, 0) is 13.8 Å². The fourth-order valence-electron chi connectivity index (χ4n) is 1.74. The number of hydrogen-bond donors (Lipinski definition) is 4. The van der Waals surface area contributed by atoms with Gasteiger partial charge in [0.1, 0.15) is 0 Å². The van der Waals surface area contributed by atoms with E-state index in [9.17, 15) is 9.59 Å². The predicted molar refractivity (Wildman–Crippen MR) is 60.7 cm³/mol. The SMILES string of the molecule is CC(C)(CC(N)=O)NC(=O)C1CNCCN1. The zero-order chi connectivity index (χ0) is 12.2. The van der Waals surface area contributed by atoms with E-state index in [1.54, 1.807) is 13.8 Å². The second-order valence-corrected chi connectivity index (χ2v) is 4.73. The molecule has 92 valence electrons. The van der Waals surface area contributed by atoms with E-state index in [2.05, 4.69) is 16.0 Å². The largest absolute Gasteiger partial charge is 0.370 e. The van der Waals surface area contributed by atoms with Crippen LogP contribution in [0.25, 0.3) is 0 Å². The van der Waals surface area contributed by atoms with E-state index >= 15 is 0 Å². The van der Waals surface area contributed by atoms with Gasteiger partial charge >= 0.3 is 0 Å². The van der Waals surface area contributed by atoms with Crippen LogP contribution in [0, 0.1) is 0 Å². The van der Waals surface area contributed by atoms with Gasteiger partial charge in [-0.3, -0.25) is 9.59 Å². The van der Waals surface area contributed by atoms with E-state index in [-0.39, 0.29) is 18.4 Å². The predicted octanol–water partition coefficient (Wildman–Crippen LogP) is -1.68. The summed E-state index contributed by atoms with van der Waals surface area (Å²) in [5, 5.41) is 9.05. The highest BCUT2D eigenvalue weighted by Crippen LogP contribution is 2.07. The first-order chi connectivity index (χ1) is 7.41. The van der Waals surface area contributed by atoms with Gasteiger partial charge in [0.05, 0.1) is 6.04 Å². The molecule has 1 aliphatic heterocycles. The van der Waals surface area contributed by atoms with Crippen molar-refractivity contribution in [2.24, 2.45) is 5.73 Å². The van der Waals surface area contributed by atoms with E-state index in [0.717, 1.165) is 13.1 Å². The topological polar surface area (TPSA) is 96.2 Å². The third-order valence-corrected chi connectivity index (χ3v) is 2.44. The van der Waals surface area contributed by atoms with Crippen LogP contribution >= 0.6 is 0 Å². The molecule has 1 atom stereocenters. The van der Waals surface area contributed by atoms with E-state index in [0.29, 0.717) is 6.54 Å². The summed E-state index contributed by atoms with van der Waals surface area (Å²) in [5.41, 5.74) is 4.52. The molecule has 0 aliphatic carbocycles. The van der Waals surface area contributed by atoms with Crippen LogP contribution in [0.3, 0.4) is 0 Å². The Labute approximate surface area is 95.3 Å². The van der Waals surface area contributed by atoms with Crippen LogP contribution in [0.1, 0.15) is 20.3 Å². The molecule has 0 aromatic carbocycles. The molecule has 0 spiro atoms. The smallest absolute Gasteiger partial charge is 0.238 e. The van der Waals surface area contributed by atoms with Crippen molar-refractivity contribution in [1.29, 1.82) is 0 Å². The minimum atomic E-state index is -0.595. The number of carbonyl (C=O) groups is 2. The van der Waals surface area contributed by atoms with Gasteiger partial charge in [0.2, 0.25) is 11.8 Å². The first-order valence-corrected chi connectivity index (χ1v) is 5.45. The zero-order valence-electron chi connectivity index (χ0n) is 9.80. The molecular weight excluding hydrogens is 208 g/mol. The Bertz CT molecular complexity index is 272. The van der Waals surface area contributed by atoms with Crippen molar-refractivity contribution in [1.82, 2.24) is 16.0 Å². The molecule has 6 nitrogen and oxygen atoms in total. The molecule has 2 amide bonds. The van der Waals surface area contributed by atoms with Gasteiger partial charge < -0.3 is 21.7 Å². The van der Waals surface area contributed by atoms with Crippen LogP contribution in [0.4, 0.5) is 0 Å². The number of amides is 2. The maximum atomic E-state index is 11.8. The van der Waals surface area contributed by atoms with Crippen LogP contribution < -0.4 is 21.7 Å². The fourth-order valence-corrected chi connectivity index (χ4v) is 1.74. The Morgan fingerprint density at radius 1 is 1.44 bits per heavy atom. The number of rotatable bonds is 4. The van der Waals surface area contributed by atoms with Crippen LogP contribution in [0.15, 0.2) is 0 Å². The highest BCUT2D eigenvalue weighted by atomic mass is 16.2. The van der Waals surface area contributed by atoms with Crippen molar-refractivity contribution >= 4 is 11.8 Å². The number of nitrogens with two attached hydrogens (primary N) is 1.